The van der Waals surface area contributed by atoms with Gasteiger partial charge in [-0.25, -0.2) is 0 Å². The molecule has 0 N–H and O–H groups in total. The second kappa shape index (κ2) is 7.77. The van der Waals surface area contributed by atoms with Gasteiger partial charge in [-0.3, -0.25) is 0 Å². The lowest BCUT2D eigenvalue weighted by Crippen LogP contribution is -1.96. The van der Waals surface area contributed by atoms with Crippen LogP contribution in [0.2, 0.25) is 0 Å². The fourth-order valence-corrected chi connectivity index (χ4v) is 2.57. The smallest absolute Gasteiger partial charge is 0.258 e. The summed E-state index contributed by atoms with van der Waals surface area (Å²) in [4.78, 5) is 4.46. The van der Waals surface area contributed by atoms with Gasteiger partial charge in [-0.2, -0.15) is 4.98 Å². The lowest BCUT2D eigenvalue weighted by molar-refractivity contribution is 0.324. The topological polar surface area (TPSA) is 75.8 Å². The van der Waals surface area contributed by atoms with Crippen LogP contribution >= 0.6 is 0 Å². The van der Waals surface area contributed by atoms with E-state index in [9.17, 15) is 0 Å². The second-order valence-corrected chi connectivity index (χ2v) is 5.45. The number of benzene rings is 2. The molecule has 0 fully saturated rings. The van der Waals surface area contributed by atoms with Crippen LogP contribution in [0.15, 0.2) is 40.9 Å². The van der Waals surface area contributed by atoms with E-state index in [0.717, 1.165) is 11.3 Å². The molecule has 1 aromatic heterocycles. The maximum Gasteiger partial charge on any atom is 0.258 e. The molecule has 0 atom stereocenters. The Labute approximate surface area is 151 Å². The van der Waals surface area contributed by atoms with Crippen LogP contribution < -0.4 is 18.9 Å². The first-order valence-electron chi connectivity index (χ1n) is 7.94. The summed E-state index contributed by atoms with van der Waals surface area (Å²) in [5.74, 6) is 3.33. The second-order valence-electron chi connectivity index (χ2n) is 5.45. The Bertz CT molecular complexity index is 849. The number of methoxy groups -OCH3 is 4. The molecule has 0 aliphatic rings. The van der Waals surface area contributed by atoms with Gasteiger partial charge in [0.2, 0.25) is 5.75 Å². The summed E-state index contributed by atoms with van der Waals surface area (Å²) < 4.78 is 26.6. The van der Waals surface area contributed by atoms with E-state index in [-0.39, 0.29) is 0 Å². The van der Waals surface area contributed by atoms with Gasteiger partial charge in [-0.15, -0.1) is 0 Å². The summed E-state index contributed by atoms with van der Waals surface area (Å²) in [6, 6.07) is 11.3. The molecule has 0 amide bonds. The average molecular weight is 356 g/mol. The van der Waals surface area contributed by atoms with Gasteiger partial charge in [-0.1, -0.05) is 17.3 Å². The molecule has 7 heteroatoms. The summed E-state index contributed by atoms with van der Waals surface area (Å²) >= 11 is 0. The van der Waals surface area contributed by atoms with Crippen molar-refractivity contribution in [2.75, 3.05) is 28.4 Å². The average Bonchev–Trinajstić information content (AvgIpc) is 3.15. The lowest BCUT2D eigenvalue weighted by atomic mass is 10.1. The molecule has 0 saturated heterocycles. The third-order valence-electron chi connectivity index (χ3n) is 3.90. The van der Waals surface area contributed by atoms with Gasteiger partial charge in [0.1, 0.15) is 5.75 Å². The van der Waals surface area contributed by atoms with E-state index in [1.165, 1.54) is 0 Å². The molecular formula is C19H20N2O5. The quantitative estimate of drug-likeness (QED) is 0.642. The van der Waals surface area contributed by atoms with E-state index in [0.29, 0.717) is 40.9 Å². The highest BCUT2D eigenvalue weighted by molar-refractivity contribution is 5.65. The van der Waals surface area contributed by atoms with Crippen LogP contribution in [0.25, 0.3) is 11.5 Å². The van der Waals surface area contributed by atoms with E-state index in [4.69, 9.17) is 23.5 Å². The highest BCUT2D eigenvalue weighted by atomic mass is 16.5. The number of nitrogens with zero attached hydrogens (tertiary/aromatic N) is 2. The van der Waals surface area contributed by atoms with Crippen molar-refractivity contribution in [1.29, 1.82) is 0 Å². The molecule has 2 aromatic carbocycles. The van der Waals surface area contributed by atoms with Crippen molar-refractivity contribution in [1.82, 2.24) is 10.1 Å². The van der Waals surface area contributed by atoms with Crippen molar-refractivity contribution in [3.63, 3.8) is 0 Å². The van der Waals surface area contributed by atoms with Crippen molar-refractivity contribution in [2.24, 2.45) is 0 Å². The molecule has 7 nitrogen and oxygen atoms in total. The van der Waals surface area contributed by atoms with Gasteiger partial charge in [-0.05, 0) is 29.8 Å². The summed E-state index contributed by atoms with van der Waals surface area (Å²) in [6.45, 7) is 0. The number of ether oxygens (including phenoxy) is 4. The van der Waals surface area contributed by atoms with Crippen LogP contribution in [-0.4, -0.2) is 38.6 Å². The highest BCUT2D eigenvalue weighted by Crippen LogP contribution is 2.40. The lowest BCUT2D eigenvalue weighted by Gasteiger charge is -2.12. The number of aromatic nitrogens is 2. The van der Waals surface area contributed by atoms with E-state index in [1.54, 1.807) is 40.6 Å². The number of hydrogen-bond acceptors (Lipinski definition) is 7. The predicted molar refractivity (Wildman–Crippen MR) is 95.2 cm³/mol. The van der Waals surface area contributed by atoms with Crippen molar-refractivity contribution in [3.05, 3.63) is 47.8 Å². The van der Waals surface area contributed by atoms with Crippen molar-refractivity contribution >= 4 is 0 Å². The molecule has 3 rings (SSSR count). The Morgan fingerprint density at radius 2 is 1.50 bits per heavy atom. The normalized spacial score (nSPS) is 10.5. The zero-order valence-corrected chi connectivity index (χ0v) is 15.1. The predicted octanol–water partition coefficient (Wildman–Crippen LogP) is 3.36. The van der Waals surface area contributed by atoms with Crippen molar-refractivity contribution < 1.29 is 23.5 Å². The van der Waals surface area contributed by atoms with Crippen LogP contribution in [-0.2, 0) is 6.42 Å². The van der Waals surface area contributed by atoms with Crippen LogP contribution in [0.3, 0.4) is 0 Å². The molecule has 3 aromatic rings. The summed E-state index contributed by atoms with van der Waals surface area (Å²) in [7, 11) is 6.31. The molecule has 136 valence electrons. The highest BCUT2D eigenvalue weighted by Gasteiger charge is 2.17. The maximum atomic E-state index is 5.40. The van der Waals surface area contributed by atoms with E-state index in [1.807, 2.05) is 24.3 Å². The Balaban J connectivity index is 1.87. The maximum absolute atomic E-state index is 5.40. The van der Waals surface area contributed by atoms with Gasteiger partial charge in [0.05, 0.1) is 28.4 Å². The molecule has 0 spiro atoms. The molecule has 26 heavy (non-hydrogen) atoms. The zero-order valence-electron chi connectivity index (χ0n) is 15.1. The van der Waals surface area contributed by atoms with Crippen molar-refractivity contribution in [3.8, 4) is 34.5 Å². The Hall–Kier alpha value is -3.22. The number of hydrogen-bond donors (Lipinski definition) is 0. The van der Waals surface area contributed by atoms with Crippen LogP contribution in [0.4, 0.5) is 0 Å². The van der Waals surface area contributed by atoms with Gasteiger partial charge >= 0.3 is 0 Å². The van der Waals surface area contributed by atoms with Gasteiger partial charge in [0.25, 0.3) is 5.89 Å². The number of rotatable bonds is 7. The molecule has 0 aliphatic heterocycles. The van der Waals surface area contributed by atoms with Crippen LogP contribution in [0.5, 0.6) is 23.0 Å². The SMILES string of the molecule is COc1ccc(Cc2noc(-c3cc(OC)c(OC)c(OC)c3)n2)cc1. The first kappa shape index (κ1) is 17.6. The minimum atomic E-state index is 0.382. The first-order valence-corrected chi connectivity index (χ1v) is 7.94. The molecule has 0 unspecified atom stereocenters. The molecular weight excluding hydrogens is 336 g/mol. The standard InChI is InChI=1S/C19H20N2O5/c1-22-14-7-5-12(6-8-14)9-17-20-19(26-21-17)13-10-15(23-2)18(25-4)16(11-13)24-3/h5-8,10-11H,9H2,1-4H3. The van der Waals surface area contributed by atoms with Crippen LogP contribution in [0, 0.1) is 0 Å². The summed E-state index contributed by atoms with van der Waals surface area (Å²) in [5.41, 5.74) is 1.75. The molecule has 1 heterocycles. The van der Waals surface area contributed by atoms with E-state index >= 15 is 0 Å². The van der Waals surface area contributed by atoms with Gasteiger partial charge in [0, 0.05) is 12.0 Å². The van der Waals surface area contributed by atoms with Gasteiger partial charge < -0.3 is 23.5 Å². The monoisotopic (exact) mass is 356 g/mol. The molecule has 0 aliphatic carbocycles. The van der Waals surface area contributed by atoms with Gasteiger partial charge in [0.15, 0.2) is 17.3 Å². The van der Waals surface area contributed by atoms with E-state index in [2.05, 4.69) is 10.1 Å². The summed E-state index contributed by atoms with van der Waals surface area (Å²) in [5, 5.41) is 4.05. The minimum absolute atomic E-state index is 0.382. The zero-order chi connectivity index (χ0) is 18.5. The third-order valence-corrected chi connectivity index (χ3v) is 3.90. The Morgan fingerprint density at radius 3 is 2.04 bits per heavy atom. The minimum Gasteiger partial charge on any atom is -0.497 e. The van der Waals surface area contributed by atoms with Crippen LogP contribution in [0.1, 0.15) is 11.4 Å². The van der Waals surface area contributed by atoms with E-state index < -0.39 is 0 Å². The first-order chi connectivity index (χ1) is 12.7. The fourth-order valence-electron chi connectivity index (χ4n) is 2.57. The fraction of sp³-hybridized carbons (Fsp3) is 0.263. The molecule has 0 bridgehead atoms. The Morgan fingerprint density at radius 1 is 0.846 bits per heavy atom. The Kier molecular flexibility index (Phi) is 5.26. The molecule has 0 saturated carbocycles. The summed E-state index contributed by atoms with van der Waals surface area (Å²) in [6.07, 6.45) is 0.553. The third kappa shape index (κ3) is 3.56. The molecule has 0 radical (unpaired) electrons. The largest absolute Gasteiger partial charge is 0.497 e. The van der Waals surface area contributed by atoms with Crippen molar-refractivity contribution in [2.45, 2.75) is 6.42 Å².